The van der Waals surface area contributed by atoms with E-state index >= 15 is 0 Å². The summed E-state index contributed by atoms with van der Waals surface area (Å²) in [5.74, 6) is 0. The number of hydrogen-bond donors (Lipinski definition) is 0. The van der Waals surface area contributed by atoms with Crippen LogP contribution in [0, 0.1) is 0 Å². The summed E-state index contributed by atoms with van der Waals surface area (Å²) in [6.07, 6.45) is 2.16. The van der Waals surface area contributed by atoms with Crippen LogP contribution >= 0.6 is 0 Å². The van der Waals surface area contributed by atoms with Gasteiger partial charge in [-0.1, -0.05) is 60.1 Å². The molecule has 6 heteroatoms. The van der Waals surface area contributed by atoms with Gasteiger partial charge in [0, 0.05) is 19.3 Å². The Balaban J connectivity index is 5.03. The van der Waals surface area contributed by atoms with Gasteiger partial charge in [-0.05, 0) is 25.4 Å². The average Bonchev–Trinajstić information content (AvgIpc) is 2.38. The van der Waals surface area contributed by atoms with Crippen LogP contribution in [0.15, 0.2) is 0 Å². The molecule has 3 nitrogen and oxygen atoms in total. The standard InChI is InChI=1S/C16H41NO2Si3/c1-10-14-18-22(12-3,19-15-11-2)16-13-17(20(4,5)6)21(7,8)9/h10-16H2,1-9H3. The average molecular weight is 364 g/mol. The van der Waals surface area contributed by atoms with E-state index in [9.17, 15) is 0 Å². The molecule has 0 aromatic heterocycles. The molecule has 0 atom stereocenters. The van der Waals surface area contributed by atoms with Gasteiger partial charge in [-0.2, -0.15) is 0 Å². The van der Waals surface area contributed by atoms with E-state index in [4.69, 9.17) is 8.85 Å². The lowest BCUT2D eigenvalue weighted by Crippen LogP contribution is -2.60. The molecule has 0 unspecified atom stereocenters. The van der Waals surface area contributed by atoms with Gasteiger partial charge < -0.3 is 13.1 Å². The summed E-state index contributed by atoms with van der Waals surface area (Å²) in [7, 11) is -4.61. The first-order chi connectivity index (χ1) is 10.0. The Bertz CT molecular complexity index is 279. The maximum Gasteiger partial charge on any atom is 0.339 e. The molecule has 22 heavy (non-hydrogen) atoms. The zero-order valence-corrected chi connectivity index (χ0v) is 19.7. The van der Waals surface area contributed by atoms with Crippen molar-refractivity contribution in [2.45, 2.75) is 85.0 Å². The van der Waals surface area contributed by atoms with Crippen molar-refractivity contribution in [1.82, 2.24) is 4.23 Å². The predicted molar refractivity (Wildman–Crippen MR) is 107 cm³/mol. The highest BCUT2D eigenvalue weighted by atomic mass is 28.4. The molecule has 0 rings (SSSR count). The number of hydrogen-bond acceptors (Lipinski definition) is 3. The van der Waals surface area contributed by atoms with E-state index in [1.807, 2.05) is 0 Å². The zero-order chi connectivity index (χ0) is 17.4. The molecule has 0 spiro atoms. The second-order valence-corrected chi connectivity index (χ2v) is 22.0. The fourth-order valence-electron chi connectivity index (χ4n) is 3.10. The van der Waals surface area contributed by atoms with Crippen molar-refractivity contribution >= 4 is 25.0 Å². The van der Waals surface area contributed by atoms with Crippen molar-refractivity contribution in [2.24, 2.45) is 0 Å². The highest BCUT2D eigenvalue weighted by molar-refractivity contribution is 6.89. The van der Waals surface area contributed by atoms with Crippen LogP contribution in [-0.2, 0) is 8.85 Å². The van der Waals surface area contributed by atoms with E-state index in [2.05, 4.69) is 64.3 Å². The normalized spacial score (nSPS) is 13.9. The molecule has 0 aliphatic rings. The lowest BCUT2D eigenvalue weighted by molar-refractivity contribution is 0.167. The summed E-state index contributed by atoms with van der Waals surface area (Å²) < 4.78 is 15.5. The van der Waals surface area contributed by atoms with Crippen LogP contribution in [0.3, 0.4) is 0 Å². The minimum Gasteiger partial charge on any atom is -0.394 e. The summed E-state index contributed by atoms with van der Waals surface area (Å²) in [6.45, 7) is 24.3. The third-order valence-electron chi connectivity index (χ3n) is 4.01. The van der Waals surface area contributed by atoms with Crippen LogP contribution in [0.25, 0.3) is 0 Å². The zero-order valence-electron chi connectivity index (χ0n) is 16.7. The van der Waals surface area contributed by atoms with Crippen molar-refractivity contribution in [3.63, 3.8) is 0 Å². The molecule has 0 saturated heterocycles. The Kier molecular flexibility index (Phi) is 9.97. The smallest absolute Gasteiger partial charge is 0.339 e. The molecule has 0 aromatic carbocycles. The van der Waals surface area contributed by atoms with Crippen LogP contribution in [0.1, 0.15) is 33.6 Å². The minimum absolute atomic E-state index is 0.851. The fourth-order valence-corrected chi connectivity index (χ4v) is 16.0. The number of nitrogens with zero attached hydrogens (tertiary/aromatic N) is 1. The van der Waals surface area contributed by atoms with Crippen molar-refractivity contribution in [1.29, 1.82) is 0 Å². The molecule has 134 valence electrons. The molecule has 0 aliphatic carbocycles. The van der Waals surface area contributed by atoms with Crippen LogP contribution < -0.4 is 0 Å². The van der Waals surface area contributed by atoms with Gasteiger partial charge in [0.1, 0.15) is 16.5 Å². The molecule has 0 saturated carbocycles. The first-order valence-electron chi connectivity index (χ1n) is 9.08. The van der Waals surface area contributed by atoms with Crippen molar-refractivity contribution < 1.29 is 8.85 Å². The minimum atomic E-state index is -2.03. The van der Waals surface area contributed by atoms with Crippen LogP contribution in [0.4, 0.5) is 0 Å². The van der Waals surface area contributed by atoms with Gasteiger partial charge in [0.05, 0.1) is 0 Å². The van der Waals surface area contributed by atoms with E-state index in [0.29, 0.717) is 0 Å². The largest absolute Gasteiger partial charge is 0.394 e. The molecular formula is C16H41NO2Si3. The Morgan fingerprint density at radius 2 is 1.14 bits per heavy atom. The number of rotatable bonds is 12. The first-order valence-corrected chi connectivity index (χ1v) is 18.2. The van der Waals surface area contributed by atoms with Gasteiger partial charge >= 0.3 is 8.56 Å². The molecule has 0 N–H and O–H groups in total. The maximum atomic E-state index is 6.33. The molecule has 0 bridgehead atoms. The Labute approximate surface area is 143 Å². The van der Waals surface area contributed by atoms with Gasteiger partial charge in [-0.25, -0.2) is 0 Å². The van der Waals surface area contributed by atoms with Gasteiger partial charge in [-0.3, -0.25) is 0 Å². The highest BCUT2D eigenvalue weighted by Gasteiger charge is 2.40. The summed E-state index contributed by atoms with van der Waals surface area (Å²) in [5.41, 5.74) is 0. The quantitative estimate of drug-likeness (QED) is 0.441. The van der Waals surface area contributed by atoms with Crippen molar-refractivity contribution in [2.75, 3.05) is 19.8 Å². The second kappa shape index (κ2) is 9.74. The Morgan fingerprint density at radius 1 is 0.727 bits per heavy atom. The van der Waals surface area contributed by atoms with Gasteiger partial charge in [0.2, 0.25) is 0 Å². The van der Waals surface area contributed by atoms with Gasteiger partial charge in [0.15, 0.2) is 0 Å². The van der Waals surface area contributed by atoms with E-state index in [-0.39, 0.29) is 0 Å². The monoisotopic (exact) mass is 363 g/mol. The summed E-state index contributed by atoms with van der Waals surface area (Å²) in [6, 6.07) is 2.19. The lowest BCUT2D eigenvalue weighted by atomic mass is 10.5. The molecule has 0 radical (unpaired) electrons. The Hall–Kier alpha value is 0.531. The van der Waals surface area contributed by atoms with Crippen molar-refractivity contribution in [3.05, 3.63) is 0 Å². The second-order valence-electron chi connectivity index (χ2n) is 8.20. The van der Waals surface area contributed by atoms with Crippen LogP contribution in [0.5, 0.6) is 0 Å². The van der Waals surface area contributed by atoms with Crippen LogP contribution in [0.2, 0.25) is 51.4 Å². The van der Waals surface area contributed by atoms with Gasteiger partial charge in [-0.15, -0.1) is 0 Å². The molecule has 0 aliphatic heterocycles. The maximum absolute atomic E-state index is 6.33. The summed E-state index contributed by atoms with van der Waals surface area (Å²) in [4.78, 5) is 0. The van der Waals surface area contributed by atoms with E-state index < -0.39 is 25.0 Å². The predicted octanol–water partition coefficient (Wildman–Crippen LogP) is 5.27. The van der Waals surface area contributed by atoms with Crippen LogP contribution in [-0.4, -0.2) is 49.0 Å². The molecule has 0 aromatic rings. The summed E-state index contributed by atoms with van der Waals surface area (Å²) in [5, 5.41) is 0. The van der Waals surface area contributed by atoms with E-state index in [1.165, 1.54) is 6.54 Å². The molecule has 0 heterocycles. The topological polar surface area (TPSA) is 21.7 Å². The fraction of sp³-hybridized carbons (Fsp3) is 1.00. The lowest BCUT2D eigenvalue weighted by Gasteiger charge is -2.45. The first kappa shape index (κ1) is 22.5. The molecule has 0 amide bonds. The summed E-state index contributed by atoms with van der Waals surface area (Å²) >= 11 is 0. The SMILES string of the molecule is CCCO[Si](CC)(CCN([Si](C)(C)C)[Si](C)(C)C)OCCC. The molecular weight excluding hydrogens is 322 g/mol. The molecule has 0 fully saturated rings. The third-order valence-corrected chi connectivity index (χ3v) is 15.2. The Morgan fingerprint density at radius 3 is 1.41 bits per heavy atom. The van der Waals surface area contributed by atoms with Crippen molar-refractivity contribution in [3.8, 4) is 0 Å². The van der Waals surface area contributed by atoms with Gasteiger partial charge in [0.25, 0.3) is 0 Å². The third kappa shape index (κ3) is 7.88. The highest BCUT2D eigenvalue weighted by Crippen LogP contribution is 2.25. The van der Waals surface area contributed by atoms with E-state index in [0.717, 1.165) is 38.1 Å². The van der Waals surface area contributed by atoms with E-state index in [1.54, 1.807) is 0 Å².